The molecule has 0 aromatic carbocycles. The minimum Gasteiger partial charge on any atom is -0.480 e. The Labute approximate surface area is 120 Å². The van der Waals surface area contributed by atoms with Crippen LogP contribution in [0.3, 0.4) is 0 Å². The Morgan fingerprint density at radius 3 is 1.95 bits per heavy atom. The zero-order chi connectivity index (χ0) is 16.1. The maximum atomic E-state index is 12.0. The Morgan fingerprint density at radius 2 is 1.60 bits per heavy atom. The molecule has 0 radical (unpaired) electrons. The van der Waals surface area contributed by atoms with Gasteiger partial charge in [-0.1, -0.05) is 0 Å². The number of carboxylic acid groups (broad SMARTS) is 1. The summed E-state index contributed by atoms with van der Waals surface area (Å²) >= 11 is 0. The van der Waals surface area contributed by atoms with Gasteiger partial charge in [-0.25, -0.2) is 0 Å². The van der Waals surface area contributed by atoms with E-state index in [9.17, 15) is 19.5 Å². The normalized spacial score (nSPS) is 13.9. The molecule has 3 N–H and O–H groups in total. The molecule has 0 heterocycles. The van der Waals surface area contributed by atoms with E-state index >= 15 is 0 Å². The lowest BCUT2D eigenvalue weighted by Crippen LogP contribution is -2.54. The van der Waals surface area contributed by atoms with Crippen molar-refractivity contribution < 1.29 is 19.5 Å². The van der Waals surface area contributed by atoms with Crippen molar-refractivity contribution in [3.05, 3.63) is 0 Å². The van der Waals surface area contributed by atoms with Gasteiger partial charge in [-0.3, -0.25) is 19.7 Å². The van der Waals surface area contributed by atoms with Crippen LogP contribution in [0.1, 0.15) is 47.5 Å². The third kappa shape index (κ3) is 5.38. The topological polar surface area (TPSA) is 95.5 Å². The number of carbonyl (C=O) groups is 3. The van der Waals surface area contributed by atoms with Crippen LogP contribution >= 0.6 is 0 Å². The third-order valence-electron chi connectivity index (χ3n) is 3.70. The van der Waals surface area contributed by atoms with Crippen molar-refractivity contribution in [1.82, 2.24) is 10.6 Å². The van der Waals surface area contributed by atoms with Crippen LogP contribution < -0.4 is 10.6 Å². The molecule has 6 nitrogen and oxygen atoms in total. The number of carbonyl (C=O) groups excluding carboxylic acids is 2. The van der Waals surface area contributed by atoms with Gasteiger partial charge in [0.05, 0.1) is 11.1 Å². The first-order valence-electron chi connectivity index (χ1n) is 6.68. The second kappa shape index (κ2) is 6.95. The fourth-order valence-electron chi connectivity index (χ4n) is 1.52. The smallest absolute Gasteiger partial charge is 0.320 e. The zero-order valence-electron chi connectivity index (χ0n) is 13.2. The van der Waals surface area contributed by atoms with Crippen LogP contribution in [0.25, 0.3) is 0 Å². The zero-order valence-corrected chi connectivity index (χ0v) is 13.2. The molecule has 0 spiro atoms. The molecule has 0 saturated heterocycles. The van der Waals surface area contributed by atoms with Crippen LogP contribution in [0.15, 0.2) is 0 Å². The van der Waals surface area contributed by atoms with Gasteiger partial charge in [0.1, 0.15) is 11.8 Å². The van der Waals surface area contributed by atoms with E-state index in [1.807, 2.05) is 0 Å². The van der Waals surface area contributed by atoms with Gasteiger partial charge in [0, 0.05) is 6.42 Å². The van der Waals surface area contributed by atoms with Gasteiger partial charge < -0.3 is 10.4 Å². The molecule has 116 valence electrons. The number of Topliss-reactive ketones (excluding diaryl/α,β-unsaturated/α-hetero) is 2. The lowest BCUT2D eigenvalue weighted by atomic mass is 9.92. The second-order valence-corrected chi connectivity index (χ2v) is 6.05. The summed E-state index contributed by atoms with van der Waals surface area (Å²) in [6, 6.07) is -0.925. The molecule has 0 bridgehead atoms. The van der Waals surface area contributed by atoms with Gasteiger partial charge in [-0.15, -0.1) is 0 Å². The first kappa shape index (κ1) is 18.7. The number of nitrogens with one attached hydrogen (secondary N) is 2. The molecule has 0 rings (SSSR count). The molecular weight excluding hydrogens is 260 g/mol. The Hall–Kier alpha value is -1.27. The molecular formula is C14H26N2O4. The quantitative estimate of drug-likeness (QED) is 0.579. The molecule has 1 unspecified atom stereocenters. The Balaban J connectivity index is 4.71. The highest BCUT2D eigenvalue weighted by Crippen LogP contribution is 2.12. The number of ketones is 2. The number of likely N-dealkylation sites (N-methyl/N-ethyl adjacent to an activating group) is 1. The van der Waals surface area contributed by atoms with E-state index in [0.29, 0.717) is 0 Å². The van der Waals surface area contributed by atoms with Crippen molar-refractivity contribution in [2.75, 3.05) is 7.05 Å². The molecule has 0 aliphatic carbocycles. The first-order valence-corrected chi connectivity index (χ1v) is 6.68. The minimum atomic E-state index is -1.06. The number of aliphatic carboxylic acids is 1. The molecule has 0 amide bonds. The highest BCUT2D eigenvalue weighted by Gasteiger charge is 2.32. The van der Waals surface area contributed by atoms with Gasteiger partial charge in [-0.05, 0) is 48.1 Å². The van der Waals surface area contributed by atoms with E-state index in [4.69, 9.17) is 0 Å². The number of carboxylic acids is 1. The van der Waals surface area contributed by atoms with Crippen LogP contribution in [0.5, 0.6) is 0 Å². The lowest BCUT2D eigenvalue weighted by molar-refractivity contribution is -0.140. The SMILES string of the molecule is CNC(C)(C)C(=O)CCC(NC(C)(C)C(C)=O)C(=O)O. The Kier molecular flexibility index (Phi) is 6.50. The van der Waals surface area contributed by atoms with Crippen molar-refractivity contribution in [1.29, 1.82) is 0 Å². The summed E-state index contributed by atoms with van der Waals surface area (Å²) < 4.78 is 0. The summed E-state index contributed by atoms with van der Waals surface area (Å²) in [5, 5.41) is 14.9. The van der Waals surface area contributed by atoms with Gasteiger partial charge >= 0.3 is 5.97 Å². The van der Waals surface area contributed by atoms with Crippen molar-refractivity contribution in [2.24, 2.45) is 0 Å². The largest absolute Gasteiger partial charge is 0.480 e. The van der Waals surface area contributed by atoms with Gasteiger partial charge in [-0.2, -0.15) is 0 Å². The summed E-state index contributed by atoms with van der Waals surface area (Å²) in [5.41, 5.74) is -1.61. The Morgan fingerprint density at radius 1 is 1.10 bits per heavy atom. The molecule has 0 fully saturated rings. The third-order valence-corrected chi connectivity index (χ3v) is 3.70. The number of hydrogen-bond acceptors (Lipinski definition) is 5. The number of rotatable bonds is 9. The van der Waals surface area contributed by atoms with Crippen molar-refractivity contribution >= 4 is 17.5 Å². The fraction of sp³-hybridized carbons (Fsp3) is 0.786. The van der Waals surface area contributed by atoms with Crippen molar-refractivity contribution in [3.8, 4) is 0 Å². The second-order valence-electron chi connectivity index (χ2n) is 6.05. The Bertz CT molecular complexity index is 389. The minimum absolute atomic E-state index is 0.0614. The summed E-state index contributed by atoms with van der Waals surface area (Å²) in [6.07, 6.45) is 0.280. The van der Waals surface area contributed by atoms with E-state index in [2.05, 4.69) is 10.6 Å². The predicted octanol–water partition coefficient (Wildman–Crippen LogP) is 0.744. The standard InChI is InChI=1S/C14H26N2O4/c1-9(17)13(2,3)16-10(12(19)20)7-8-11(18)14(4,5)15-6/h10,15-16H,7-8H2,1-6H3,(H,19,20). The van der Waals surface area contributed by atoms with E-state index in [1.54, 1.807) is 34.7 Å². The first-order chi connectivity index (χ1) is 8.94. The summed E-state index contributed by atoms with van der Waals surface area (Å²) in [4.78, 5) is 34.6. The van der Waals surface area contributed by atoms with Gasteiger partial charge in [0.2, 0.25) is 0 Å². The van der Waals surface area contributed by atoms with Crippen molar-refractivity contribution in [3.63, 3.8) is 0 Å². The van der Waals surface area contributed by atoms with Crippen LogP contribution in [0.2, 0.25) is 0 Å². The maximum Gasteiger partial charge on any atom is 0.320 e. The van der Waals surface area contributed by atoms with Gasteiger partial charge in [0.15, 0.2) is 5.78 Å². The lowest BCUT2D eigenvalue weighted by Gasteiger charge is -2.28. The molecule has 0 aliphatic rings. The summed E-state index contributed by atoms with van der Waals surface area (Å²) in [5.74, 6) is -1.27. The van der Waals surface area contributed by atoms with Crippen molar-refractivity contribution in [2.45, 2.75) is 64.6 Å². The van der Waals surface area contributed by atoms with Crippen LogP contribution in [-0.2, 0) is 14.4 Å². The fourth-order valence-corrected chi connectivity index (χ4v) is 1.52. The molecule has 0 aromatic heterocycles. The highest BCUT2D eigenvalue weighted by atomic mass is 16.4. The maximum absolute atomic E-state index is 12.0. The van der Waals surface area contributed by atoms with E-state index in [1.165, 1.54) is 6.92 Å². The molecule has 20 heavy (non-hydrogen) atoms. The van der Waals surface area contributed by atoms with Crippen LogP contribution in [0.4, 0.5) is 0 Å². The molecule has 0 aromatic rings. The van der Waals surface area contributed by atoms with Gasteiger partial charge in [0.25, 0.3) is 0 Å². The molecule has 1 atom stereocenters. The average Bonchev–Trinajstić information content (AvgIpc) is 2.33. The molecule has 0 aliphatic heterocycles. The molecule has 0 saturated carbocycles. The van der Waals surface area contributed by atoms with E-state index in [0.717, 1.165) is 0 Å². The van der Waals surface area contributed by atoms with Crippen LogP contribution in [0, 0.1) is 0 Å². The summed E-state index contributed by atoms with van der Waals surface area (Å²) in [6.45, 7) is 8.16. The predicted molar refractivity (Wildman–Crippen MR) is 76.7 cm³/mol. The average molecular weight is 286 g/mol. The monoisotopic (exact) mass is 286 g/mol. The van der Waals surface area contributed by atoms with Crippen LogP contribution in [-0.4, -0.2) is 46.8 Å². The number of hydrogen-bond donors (Lipinski definition) is 3. The van der Waals surface area contributed by atoms with E-state index in [-0.39, 0.29) is 24.4 Å². The molecule has 6 heteroatoms. The van der Waals surface area contributed by atoms with E-state index < -0.39 is 23.1 Å². The summed E-state index contributed by atoms with van der Waals surface area (Å²) in [7, 11) is 1.68. The highest BCUT2D eigenvalue weighted by molar-refractivity contribution is 5.88.